The van der Waals surface area contributed by atoms with Crippen molar-refractivity contribution in [2.75, 3.05) is 0 Å². The second-order valence-electron chi connectivity index (χ2n) is 5.02. The first-order valence-electron chi connectivity index (χ1n) is 7.05. The molecule has 2 N–H and O–H groups in total. The van der Waals surface area contributed by atoms with Crippen LogP contribution in [0.25, 0.3) is 0 Å². The highest BCUT2D eigenvalue weighted by Crippen LogP contribution is 2.26. The Morgan fingerprint density at radius 3 is 2.52 bits per heavy atom. The Morgan fingerprint density at radius 1 is 1.13 bits per heavy atom. The molecule has 2 aromatic rings. The first kappa shape index (κ1) is 15.3. The monoisotopic (exact) mass is 326 g/mol. The molecular formula is C17H14N2O3S. The number of carbonyl (C=O) groups is 2. The van der Waals surface area contributed by atoms with Crippen molar-refractivity contribution in [2.45, 2.75) is 11.7 Å². The first-order valence-corrected chi connectivity index (χ1v) is 7.93. The number of nitrogens with zero attached hydrogens (tertiary/aromatic N) is 1. The fourth-order valence-corrected chi connectivity index (χ4v) is 3.13. The van der Waals surface area contributed by atoms with Gasteiger partial charge < -0.3 is 10.4 Å². The average molecular weight is 326 g/mol. The number of hydrogen-bond acceptors (Lipinski definition) is 5. The molecule has 1 amide bonds. The minimum atomic E-state index is -0.474. The van der Waals surface area contributed by atoms with Gasteiger partial charge in [-0.3, -0.25) is 9.59 Å². The molecule has 1 aliphatic rings. The third kappa shape index (κ3) is 3.78. The van der Waals surface area contributed by atoms with Crippen molar-refractivity contribution in [1.82, 2.24) is 5.32 Å². The predicted molar refractivity (Wildman–Crippen MR) is 90.1 cm³/mol. The average Bonchev–Trinajstić information content (AvgIpc) is 2.90. The van der Waals surface area contributed by atoms with Crippen molar-refractivity contribution in [2.24, 2.45) is 4.99 Å². The topological polar surface area (TPSA) is 78.8 Å². The molecule has 23 heavy (non-hydrogen) atoms. The van der Waals surface area contributed by atoms with E-state index in [2.05, 4.69) is 10.3 Å². The number of aromatic hydroxyl groups is 1. The van der Waals surface area contributed by atoms with Crippen molar-refractivity contribution in [3.63, 3.8) is 0 Å². The van der Waals surface area contributed by atoms with Crippen LogP contribution >= 0.6 is 11.8 Å². The molecule has 0 bridgehead atoms. The van der Waals surface area contributed by atoms with E-state index in [1.54, 1.807) is 36.4 Å². The van der Waals surface area contributed by atoms with Gasteiger partial charge in [0.1, 0.15) is 5.75 Å². The minimum Gasteiger partial charge on any atom is -0.508 e. The Bertz CT molecular complexity index is 757. The molecule has 0 aromatic heterocycles. The molecule has 3 rings (SSSR count). The van der Waals surface area contributed by atoms with Gasteiger partial charge in [-0.05, 0) is 24.3 Å². The number of nitrogens with one attached hydrogen (secondary N) is 1. The molecule has 1 fully saturated rings. The van der Waals surface area contributed by atoms with Crippen LogP contribution in [0.2, 0.25) is 0 Å². The quantitative estimate of drug-likeness (QED) is 0.847. The number of phenolic OH excluding ortho intramolecular Hbond substituents is 1. The lowest BCUT2D eigenvalue weighted by atomic mass is 10.1. The van der Waals surface area contributed by atoms with Crippen LogP contribution in [0, 0.1) is 0 Å². The fourth-order valence-electron chi connectivity index (χ4n) is 2.15. The number of hydrogen-bond donors (Lipinski definition) is 2. The third-order valence-corrected chi connectivity index (χ3v) is 4.41. The maximum atomic E-state index is 12.2. The van der Waals surface area contributed by atoms with E-state index in [1.807, 2.05) is 6.07 Å². The smallest absolute Gasteiger partial charge is 0.240 e. The molecule has 2 aromatic carbocycles. The summed E-state index contributed by atoms with van der Waals surface area (Å²) in [6.07, 6.45) is 0.134. The predicted octanol–water partition coefficient (Wildman–Crippen LogP) is 2.88. The highest BCUT2D eigenvalue weighted by molar-refractivity contribution is 8.15. The largest absolute Gasteiger partial charge is 0.508 e. The molecule has 6 heteroatoms. The zero-order chi connectivity index (χ0) is 16.2. The molecule has 1 saturated heterocycles. The zero-order valence-electron chi connectivity index (χ0n) is 12.1. The van der Waals surface area contributed by atoms with Gasteiger partial charge in [-0.15, -0.1) is 0 Å². The van der Waals surface area contributed by atoms with Crippen molar-refractivity contribution >= 4 is 34.3 Å². The summed E-state index contributed by atoms with van der Waals surface area (Å²) < 4.78 is 0. The normalized spacial score (nSPS) is 18.9. The molecule has 5 nitrogen and oxygen atoms in total. The van der Waals surface area contributed by atoms with Crippen LogP contribution < -0.4 is 5.32 Å². The van der Waals surface area contributed by atoms with Crippen LogP contribution in [0.3, 0.4) is 0 Å². The number of benzene rings is 2. The van der Waals surface area contributed by atoms with Gasteiger partial charge >= 0.3 is 0 Å². The number of Topliss-reactive ketones (excluding diaryl/α,β-unsaturated/α-hetero) is 1. The molecule has 1 aliphatic heterocycles. The van der Waals surface area contributed by atoms with E-state index < -0.39 is 5.25 Å². The Labute approximate surface area is 137 Å². The van der Waals surface area contributed by atoms with Crippen LogP contribution in [-0.4, -0.2) is 27.2 Å². The van der Waals surface area contributed by atoms with E-state index in [1.165, 1.54) is 23.9 Å². The fraction of sp³-hybridized carbons (Fsp3) is 0.118. The Kier molecular flexibility index (Phi) is 4.43. The number of aliphatic imine (C=N–C) groups is 1. The molecule has 1 heterocycles. The van der Waals surface area contributed by atoms with Crippen molar-refractivity contribution < 1.29 is 14.7 Å². The van der Waals surface area contributed by atoms with Gasteiger partial charge in [-0.1, -0.05) is 42.1 Å². The molecule has 116 valence electrons. The number of amidine groups is 1. The number of thioether (sulfide) groups is 1. The van der Waals surface area contributed by atoms with Gasteiger partial charge in [0.25, 0.3) is 0 Å². The number of phenols is 1. The number of carbonyl (C=O) groups excluding carboxylic acids is 2. The van der Waals surface area contributed by atoms with E-state index in [-0.39, 0.29) is 23.9 Å². The van der Waals surface area contributed by atoms with Gasteiger partial charge in [-0.2, -0.15) is 0 Å². The lowest BCUT2D eigenvalue weighted by molar-refractivity contribution is -0.118. The van der Waals surface area contributed by atoms with Gasteiger partial charge in [0.2, 0.25) is 5.91 Å². The first-order chi connectivity index (χ1) is 11.1. The highest BCUT2D eigenvalue weighted by Gasteiger charge is 2.32. The summed E-state index contributed by atoms with van der Waals surface area (Å²) in [6, 6.07) is 15.3. The van der Waals surface area contributed by atoms with Gasteiger partial charge in [0, 0.05) is 12.0 Å². The summed E-state index contributed by atoms with van der Waals surface area (Å²) >= 11 is 1.25. The summed E-state index contributed by atoms with van der Waals surface area (Å²) in [5.41, 5.74) is 1.23. The van der Waals surface area contributed by atoms with Gasteiger partial charge in [0.15, 0.2) is 11.0 Å². The summed E-state index contributed by atoms with van der Waals surface area (Å²) in [6.45, 7) is 0. The SMILES string of the molecule is O=C(CC1SC(=Nc2ccc(O)cc2)NC1=O)c1ccccc1. The van der Waals surface area contributed by atoms with E-state index in [4.69, 9.17) is 0 Å². The summed E-state index contributed by atoms with van der Waals surface area (Å²) in [5.74, 6) is -0.121. The maximum Gasteiger partial charge on any atom is 0.240 e. The van der Waals surface area contributed by atoms with E-state index >= 15 is 0 Å². The van der Waals surface area contributed by atoms with E-state index in [9.17, 15) is 14.7 Å². The second kappa shape index (κ2) is 6.66. The Hall–Kier alpha value is -2.60. The summed E-state index contributed by atoms with van der Waals surface area (Å²) in [4.78, 5) is 28.5. The number of amides is 1. The van der Waals surface area contributed by atoms with Crippen LogP contribution in [0.5, 0.6) is 5.75 Å². The Morgan fingerprint density at radius 2 is 1.83 bits per heavy atom. The zero-order valence-corrected chi connectivity index (χ0v) is 12.9. The van der Waals surface area contributed by atoms with Gasteiger partial charge in [-0.25, -0.2) is 4.99 Å². The van der Waals surface area contributed by atoms with E-state index in [0.717, 1.165) is 0 Å². The van der Waals surface area contributed by atoms with Crippen LogP contribution in [0.1, 0.15) is 16.8 Å². The molecular weight excluding hydrogens is 312 g/mol. The standard InChI is InChI=1S/C17H14N2O3S/c20-13-8-6-12(7-9-13)18-17-19-16(22)15(23-17)10-14(21)11-4-2-1-3-5-11/h1-9,15,20H,10H2,(H,18,19,22). The van der Waals surface area contributed by atoms with Crippen molar-refractivity contribution in [3.05, 3.63) is 60.2 Å². The number of rotatable bonds is 4. The highest BCUT2D eigenvalue weighted by atomic mass is 32.2. The van der Waals surface area contributed by atoms with E-state index in [0.29, 0.717) is 16.4 Å². The number of ketones is 1. The summed E-state index contributed by atoms with van der Waals surface area (Å²) in [7, 11) is 0. The molecule has 0 radical (unpaired) electrons. The third-order valence-electron chi connectivity index (χ3n) is 3.32. The lowest BCUT2D eigenvalue weighted by Gasteiger charge is -2.04. The molecule has 0 aliphatic carbocycles. The second-order valence-corrected chi connectivity index (χ2v) is 6.21. The van der Waals surface area contributed by atoms with Crippen LogP contribution in [0.15, 0.2) is 59.6 Å². The molecule has 1 atom stereocenters. The maximum absolute atomic E-state index is 12.2. The molecule has 1 unspecified atom stereocenters. The minimum absolute atomic E-state index is 0.0656. The van der Waals surface area contributed by atoms with Crippen LogP contribution in [-0.2, 0) is 4.79 Å². The van der Waals surface area contributed by atoms with Crippen molar-refractivity contribution in [3.8, 4) is 5.75 Å². The molecule has 0 saturated carbocycles. The molecule has 0 spiro atoms. The van der Waals surface area contributed by atoms with Crippen LogP contribution in [0.4, 0.5) is 5.69 Å². The lowest BCUT2D eigenvalue weighted by Crippen LogP contribution is -2.26. The summed E-state index contributed by atoms with van der Waals surface area (Å²) in [5, 5.41) is 11.9. The van der Waals surface area contributed by atoms with Gasteiger partial charge in [0.05, 0.1) is 10.9 Å². The van der Waals surface area contributed by atoms with Crippen molar-refractivity contribution in [1.29, 1.82) is 0 Å². The Balaban J connectivity index is 1.68.